The Kier molecular flexibility index (Phi) is 4.25. The van der Waals surface area contributed by atoms with Crippen molar-refractivity contribution in [2.75, 3.05) is 20.1 Å². The van der Waals surface area contributed by atoms with E-state index < -0.39 is 5.97 Å². The summed E-state index contributed by atoms with van der Waals surface area (Å²) in [6, 6.07) is 3.71. The summed E-state index contributed by atoms with van der Waals surface area (Å²) in [6.45, 7) is 2.03. The minimum atomic E-state index is -0.765. The first-order chi connectivity index (χ1) is 8.66. The summed E-state index contributed by atoms with van der Waals surface area (Å²) in [7, 11) is 2.08. The van der Waals surface area contributed by atoms with Crippen molar-refractivity contribution in [2.24, 2.45) is 5.92 Å². The van der Waals surface area contributed by atoms with Crippen LogP contribution in [0.25, 0.3) is 0 Å². The highest BCUT2D eigenvalue weighted by Crippen LogP contribution is 2.32. The molecule has 1 fully saturated rings. The number of aliphatic carboxylic acids is 1. The van der Waals surface area contributed by atoms with E-state index >= 15 is 0 Å². The van der Waals surface area contributed by atoms with Crippen molar-refractivity contribution in [3.63, 3.8) is 0 Å². The number of likely N-dealkylation sites (tertiary alicyclic amines) is 1. The second kappa shape index (κ2) is 5.91. The second-order valence-electron chi connectivity index (χ2n) is 5.02. The predicted molar refractivity (Wildman–Crippen MR) is 67.2 cm³/mol. The number of hydrogen-bond acceptors (Lipinski definition) is 4. The van der Waals surface area contributed by atoms with E-state index in [9.17, 15) is 4.79 Å². The van der Waals surface area contributed by atoms with Gasteiger partial charge in [0.1, 0.15) is 0 Å². The van der Waals surface area contributed by atoms with Crippen LogP contribution < -0.4 is 0 Å². The van der Waals surface area contributed by atoms with Crippen molar-refractivity contribution >= 4 is 5.97 Å². The summed E-state index contributed by atoms with van der Waals surface area (Å²) in [5, 5.41) is 17.1. The van der Waals surface area contributed by atoms with E-state index in [2.05, 4.69) is 22.1 Å². The molecule has 0 aromatic carbocycles. The lowest BCUT2D eigenvalue weighted by molar-refractivity contribution is -0.137. The van der Waals surface area contributed by atoms with Crippen LogP contribution in [0.15, 0.2) is 18.3 Å². The monoisotopic (exact) mass is 249 g/mol. The molecule has 18 heavy (non-hydrogen) atoms. The lowest BCUT2D eigenvalue weighted by Crippen LogP contribution is -2.36. The molecule has 5 nitrogen and oxygen atoms in total. The maximum atomic E-state index is 11.0. The molecule has 0 saturated carbocycles. The topological polar surface area (TPSA) is 66.3 Å². The molecule has 1 aromatic heterocycles. The van der Waals surface area contributed by atoms with Crippen LogP contribution in [0, 0.1) is 5.92 Å². The Labute approximate surface area is 107 Å². The van der Waals surface area contributed by atoms with Crippen LogP contribution in [0.3, 0.4) is 0 Å². The van der Waals surface area contributed by atoms with Crippen molar-refractivity contribution in [1.82, 2.24) is 15.1 Å². The first-order valence-electron chi connectivity index (χ1n) is 6.34. The van der Waals surface area contributed by atoms with Gasteiger partial charge in [-0.15, -0.1) is 0 Å². The molecule has 98 valence electrons. The van der Waals surface area contributed by atoms with Gasteiger partial charge >= 0.3 is 5.97 Å². The first kappa shape index (κ1) is 13.0. The average molecular weight is 249 g/mol. The van der Waals surface area contributed by atoms with E-state index in [1.54, 1.807) is 6.20 Å². The third-order valence-electron chi connectivity index (χ3n) is 3.60. The van der Waals surface area contributed by atoms with Crippen molar-refractivity contribution in [3.8, 4) is 0 Å². The third kappa shape index (κ3) is 3.26. The fraction of sp³-hybridized carbons (Fsp3) is 0.615. The zero-order valence-corrected chi connectivity index (χ0v) is 10.6. The maximum absolute atomic E-state index is 11.0. The van der Waals surface area contributed by atoms with Crippen molar-refractivity contribution in [2.45, 2.75) is 25.2 Å². The zero-order chi connectivity index (χ0) is 13.0. The molecule has 0 aliphatic carbocycles. The molecule has 2 atom stereocenters. The van der Waals surface area contributed by atoms with Gasteiger partial charge in [0.25, 0.3) is 0 Å². The highest BCUT2D eigenvalue weighted by atomic mass is 16.4. The van der Waals surface area contributed by atoms with Gasteiger partial charge in [-0.25, -0.2) is 0 Å². The lowest BCUT2D eigenvalue weighted by atomic mass is 9.81. The Hall–Kier alpha value is -1.49. The van der Waals surface area contributed by atoms with Crippen LogP contribution in [-0.4, -0.2) is 46.3 Å². The van der Waals surface area contributed by atoms with Crippen LogP contribution in [0.1, 0.15) is 30.9 Å². The van der Waals surface area contributed by atoms with Gasteiger partial charge in [0, 0.05) is 18.7 Å². The fourth-order valence-electron chi connectivity index (χ4n) is 2.75. The molecule has 0 bridgehead atoms. The van der Waals surface area contributed by atoms with Crippen LogP contribution in [0.4, 0.5) is 0 Å². The molecule has 2 unspecified atom stereocenters. The van der Waals surface area contributed by atoms with Gasteiger partial charge in [-0.3, -0.25) is 4.79 Å². The molecule has 1 N–H and O–H groups in total. The summed E-state index contributed by atoms with van der Waals surface area (Å²) >= 11 is 0. The summed E-state index contributed by atoms with van der Waals surface area (Å²) in [5.74, 6) is -0.436. The summed E-state index contributed by atoms with van der Waals surface area (Å²) in [5.41, 5.74) is 0.806. The highest BCUT2D eigenvalue weighted by molar-refractivity contribution is 5.68. The standard InChI is InChI=1S/C13H19N3O2/c1-16-7-3-4-10(9-16)11(8-13(17)18)12-5-2-6-14-15-12/h2,5-6,10-11H,3-4,7-9H2,1H3,(H,17,18). The minimum absolute atomic E-state index is 0.0288. The largest absolute Gasteiger partial charge is 0.481 e. The quantitative estimate of drug-likeness (QED) is 0.873. The molecule has 1 aliphatic heterocycles. The molecule has 1 aliphatic rings. The molecule has 5 heteroatoms. The molecular formula is C13H19N3O2. The van der Waals surface area contributed by atoms with E-state index in [1.807, 2.05) is 12.1 Å². The Balaban J connectivity index is 2.16. The number of rotatable bonds is 4. The second-order valence-corrected chi connectivity index (χ2v) is 5.02. The van der Waals surface area contributed by atoms with Crippen LogP contribution in [0.5, 0.6) is 0 Å². The van der Waals surface area contributed by atoms with Crippen LogP contribution in [0.2, 0.25) is 0 Å². The molecule has 2 heterocycles. The van der Waals surface area contributed by atoms with Gasteiger partial charge in [-0.1, -0.05) is 0 Å². The van der Waals surface area contributed by atoms with E-state index in [4.69, 9.17) is 5.11 Å². The van der Waals surface area contributed by atoms with Gasteiger partial charge in [0.15, 0.2) is 0 Å². The smallest absolute Gasteiger partial charge is 0.304 e. The number of piperidine rings is 1. The molecule has 0 spiro atoms. The van der Waals surface area contributed by atoms with E-state index in [0.29, 0.717) is 5.92 Å². The Morgan fingerprint density at radius 2 is 2.50 bits per heavy atom. The molecular weight excluding hydrogens is 230 g/mol. The van der Waals surface area contributed by atoms with Gasteiger partial charge < -0.3 is 10.0 Å². The predicted octanol–water partition coefficient (Wildman–Crippen LogP) is 1.38. The first-order valence-corrected chi connectivity index (χ1v) is 6.34. The fourth-order valence-corrected chi connectivity index (χ4v) is 2.75. The average Bonchev–Trinajstić information content (AvgIpc) is 2.37. The molecule has 0 radical (unpaired) electrons. The van der Waals surface area contributed by atoms with E-state index in [-0.39, 0.29) is 12.3 Å². The third-order valence-corrected chi connectivity index (χ3v) is 3.60. The van der Waals surface area contributed by atoms with Crippen molar-refractivity contribution in [1.29, 1.82) is 0 Å². The summed E-state index contributed by atoms with van der Waals surface area (Å²) < 4.78 is 0. The Morgan fingerprint density at radius 3 is 3.11 bits per heavy atom. The molecule has 1 aromatic rings. The van der Waals surface area contributed by atoms with E-state index in [0.717, 1.165) is 31.6 Å². The van der Waals surface area contributed by atoms with Gasteiger partial charge in [-0.2, -0.15) is 10.2 Å². The number of carboxylic acid groups (broad SMARTS) is 1. The summed E-state index contributed by atoms with van der Waals surface area (Å²) in [6.07, 6.45) is 3.95. The van der Waals surface area contributed by atoms with Gasteiger partial charge in [0.2, 0.25) is 0 Å². The minimum Gasteiger partial charge on any atom is -0.481 e. The van der Waals surface area contributed by atoms with Crippen LogP contribution >= 0.6 is 0 Å². The maximum Gasteiger partial charge on any atom is 0.304 e. The number of carboxylic acids is 1. The molecule has 1 saturated heterocycles. The molecule has 0 amide bonds. The Morgan fingerprint density at radius 1 is 1.67 bits per heavy atom. The normalized spacial score (nSPS) is 22.6. The SMILES string of the molecule is CN1CCCC(C(CC(=O)O)c2cccnn2)C1. The summed E-state index contributed by atoms with van der Waals surface area (Å²) in [4.78, 5) is 13.3. The van der Waals surface area contributed by atoms with Crippen LogP contribution in [-0.2, 0) is 4.79 Å². The van der Waals surface area contributed by atoms with Gasteiger partial charge in [0.05, 0.1) is 12.1 Å². The zero-order valence-electron chi connectivity index (χ0n) is 10.6. The number of aromatic nitrogens is 2. The Bertz CT molecular complexity index is 396. The highest BCUT2D eigenvalue weighted by Gasteiger charge is 2.29. The molecule has 2 rings (SSSR count). The van der Waals surface area contributed by atoms with Gasteiger partial charge in [-0.05, 0) is 44.5 Å². The van der Waals surface area contributed by atoms with Crippen molar-refractivity contribution in [3.05, 3.63) is 24.0 Å². The van der Waals surface area contributed by atoms with Crippen molar-refractivity contribution < 1.29 is 9.90 Å². The lowest BCUT2D eigenvalue weighted by Gasteiger charge is -2.34. The number of hydrogen-bond donors (Lipinski definition) is 1. The number of carbonyl (C=O) groups is 1. The van der Waals surface area contributed by atoms with E-state index in [1.165, 1.54) is 0 Å². The number of nitrogens with zero attached hydrogens (tertiary/aromatic N) is 3.